The molecule has 0 radical (unpaired) electrons. The molecule has 4 heteroatoms. The summed E-state index contributed by atoms with van der Waals surface area (Å²) in [7, 11) is 0. The van der Waals surface area contributed by atoms with E-state index >= 15 is 0 Å². The maximum atomic E-state index is 12.4. The van der Waals surface area contributed by atoms with Crippen molar-refractivity contribution in [2.75, 3.05) is 18.5 Å². The molecule has 1 fully saturated rings. The van der Waals surface area contributed by atoms with Crippen LogP contribution in [0.2, 0.25) is 0 Å². The van der Waals surface area contributed by atoms with E-state index in [-0.39, 0.29) is 5.91 Å². The number of nitrogens with zero attached hydrogens (tertiary/aromatic N) is 1. The molecule has 0 bridgehead atoms. The molecule has 0 spiro atoms. The van der Waals surface area contributed by atoms with Gasteiger partial charge in [0.15, 0.2) is 0 Å². The van der Waals surface area contributed by atoms with Gasteiger partial charge in [-0.3, -0.25) is 4.79 Å². The highest BCUT2D eigenvalue weighted by Crippen LogP contribution is 2.31. The third-order valence-electron chi connectivity index (χ3n) is 3.83. The number of carbonyl (C=O) groups excluding carboxylic acids is 1. The van der Waals surface area contributed by atoms with Crippen LogP contribution >= 0.6 is 0 Å². The molecule has 106 valence electrons. The second-order valence-electron chi connectivity index (χ2n) is 5.54. The van der Waals surface area contributed by atoms with Crippen molar-refractivity contribution in [1.29, 1.82) is 5.26 Å². The third kappa shape index (κ3) is 3.00. The average Bonchev–Trinajstić information content (AvgIpc) is 2.48. The lowest BCUT2D eigenvalue weighted by Crippen LogP contribution is -2.39. The molecule has 1 amide bonds. The normalized spacial score (nSPS) is 17.5. The van der Waals surface area contributed by atoms with E-state index in [1.165, 1.54) is 5.56 Å². The lowest BCUT2D eigenvalue weighted by Gasteiger charge is -2.29. The largest absolute Gasteiger partial charge is 0.381 e. The number of ether oxygens (including phenoxy) is 1. The molecule has 1 aromatic carbocycles. The Morgan fingerprint density at radius 1 is 1.30 bits per heavy atom. The van der Waals surface area contributed by atoms with Crippen LogP contribution in [-0.4, -0.2) is 19.1 Å². The minimum absolute atomic E-state index is 0.222. The summed E-state index contributed by atoms with van der Waals surface area (Å²) < 4.78 is 5.24. The number of rotatable bonds is 3. The first-order valence-electron chi connectivity index (χ1n) is 6.98. The third-order valence-corrected chi connectivity index (χ3v) is 3.83. The highest BCUT2D eigenvalue weighted by Gasteiger charge is 2.40. The van der Waals surface area contributed by atoms with Gasteiger partial charge in [-0.15, -0.1) is 0 Å². The number of carbonyl (C=O) groups is 1. The predicted molar refractivity (Wildman–Crippen MR) is 77.3 cm³/mol. The van der Waals surface area contributed by atoms with Crippen molar-refractivity contribution in [3.05, 3.63) is 29.8 Å². The molecule has 1 saturated heterocycles. The summed E-state index contributed by atoms with van der Waals surface area (Å²) in [5.41, 5.74) is 1.01. The molecular weight excluding hydrogens is 252 g/mol. The van der Waals surface area contributed by atoms with E-state index in [0.29, 0.717) is 32.0 Å². The van der Waals surface area contributed by atoms with Gasteiger partial charge in [0.1, 0.15) is 5.41 Å². The molecule has 0 atom stereocenters. The number of hydrogen-bond donors (Lipinski definition) is 1. The predicted octanol–water partition coefficient (Wildman–Crippen LogP) is 3.07. The first kappa shape index (κ1) is 14.5. The molecule has 20 heavy (non-hydrogen) atoms. The van der Waals surface area contributed by atoms with Gasteiger partial charge in [0, 0.05) is 18.9 Å². The van der Waals surface area contributed by atoms with E-state index in [1.54, 1.807) is 0 Å². The smallest absolute Gasteiger partial charge is 0.245 e. The first-order chi connectivity index (χ1) is 9.57. The second kappa shape index (κ2) is 6.06. The van der Waals surface area contributed by atoms with Gasteiger partial charge in [-0.25, -0.2) is 0 Å². The molecule has 0 aliphatic carbocycles. The fraction of sp³-hybridized carbons (Fsp3) is 0.500. The number of hydrogen-bond acceptors (Lipinski definition) is 3. The Morgan fingerprint density at radius 2 is 1.90 bits per heavy atom. The molecule has 0 unspecified atom stereocenters. The molecule has 1 aliphatic rings. The van der Waals surface area contributed by atoms with Crippen LogP contribution < -0.4 is 5.32 Å². The van der Waals surface area contributed by atoms with Crippen molar-refractivity contribution in [2.24, 2.45) is 5.41 Å². The van der Waals surface area contributed by atoms with Crippen LogP contribution in [0.1, 0.15) is 38.2 Å². The Labute approximate surface area is 119 Å². The Balaban J connectivity index is 2.08. The van der Waals surface area contributed by atoms with Crippen LogP contribution in [0.15, 0.2) is 24.3 Å². The van der Waals surface area contributed by atoms with Gasteiger partial charge in [-0.05, 0) is 36.5 Å². The molecule has 4 nitrogen and oxygen atoms in total. The number of amides is 1. The number of anilines is 1. The minimum Gasteiger partial charge on any atom is -0.381 e. The summed E-state index contributed by atoms with van der Waals surface area (Å²) >= 11 is 0. The molecule has 1 aliphatic heterocycles. The molecule has 2 rings (SSSR count). The topological polar surface area (TPSA) is 62.1 Å². The SMILES string of the molecule is CC(C)c1ccc(NC(=O)C2(C#N)CCOCC2)cc1. The zero-order chi connectivity index (χ0) is 14.6. The Morgan fingerprint density at radius 3 is 2.40 bits per heavy atom. The summed E-state index contributed by atoms with van der Waals surface area (Å²) in [6.45, 7) is 5.18. The monoisotopic (exact) mass is 272 g/mol. The standard InChI is InChI=1S/C16H20N2O2/c1-12(2)13-3-5-14(6-4-13)18-15(19)16(11-17)7-9-20-10-8-16/h3-6,12H,7-10H2,1-2H3,(H,18,19). The second-order valence-corrected chi connectivity index (χ2v) is 5.54. The van der Waals surface area contributed by atoms with Crippen molar-refractivity contribution < 1.29 is 9.53 Å². The van der Waals surface area contributed by atoms with Crippen LogP contribution in [0, 0.1) is 16.7 Å². The fourth-order valence-electron chi connectivity index (χ4n) is 2.31. The van der Waals surface area contributed by atoms with Crippen molar-refractivity contribution in [3.8, 4) is 6.07 Å². The fourth-order valence-corrected chi connectivity index (χ4v) is 2.31. The van der Waals surface area contributed by atoms with Gasteiger partial charge < -0.3 is 10.1 Å². The molecule has 1 heterocycles. The van der Waals surface area contributed by atoms with Crippen LogP contribution in [0.3, 0.4) is 0 Å². The number of benzene rings is 1. The van der Waals surface area contributed by atoms with Crippen LogP contribution in [0.4, 0.5) is 5.69 Å². The van der Waals surface area contributed by atoms with E-state index in [4.69, 9.17) is 4.74 Å². The highest BCUT2D eigenvalue weighted by atomic mass is 16.5. The van der Waals surface area contributed by atoms with Crippen molar-refractivity contribution in [2.45, 2.75) is 32.6 Å². The Kier molecular flexibility index (Phi) is 4.41. The number of nitriles is 1. The zero-order valence-corrected chi connectivity index (χ0v) is 12.0. The van der Waals surface area contributed by atoms with Gasteiger partial charge in [0.25, 0.3) is 0 Å². The summed E-state index contributed by atoms with van der Waals surface area (Å²) in [4.78, 5) is 12.4. The van der Waals surface area contributed by atoms with Gasteiger partial charge >= 0.3 is 0 Å². The molecule has 0 saturated carbocycles. The van der Waals surface area contributed by atoms with Crippen molar-refractivity contribution in [1.82, 2.24) is 0 Å². The quantitative estimate of drug-likeness (QED) is 0.919. The van der Waals surface area contributed by atoms with Crippen LogP contribution in [0.5, 0.6) is 0 Å². The molecular formula is C16H20N2O2. The minimum atomic E-state index is -0.949. The Bertz CT molecular complexity index is 508. The summed E-state index contributed by atoms with van der Waals surface area (Å²) in [6.07, 6.45) is 0.915. The highest BCUT2D eigenvalue weighted by molar-refractivity contribution is 5.97. The van der Waals surface area contributed by atoms with Crippen LogP contribution in [0.25, 0.3) is 0 Å². The summed E-state index contributed by atoms with van der Waals surface area (Å²) in [5, 5.41) is 12.2. The lowest BCUT2D eigenvalue weighted by molar-refractivity contribution is -0.126. The van der Waals surface area contributed by atoms with Gasteiger partial charge in [-0.1, -0.05) is 26.0 Å². The Hall–Kier alpha value is -1.86. The zero-order valence-electron chi connectivity index (χ0n) is 12.0. The van der Waals surface area contributed by atoms with Gasteiger partial charge in [-0.2, -0.15) is 5.26 Å². The number of nitrogens with one attached hydrogen (secondary N) is 1. The maximum absolute atomic E-state index is 12.4. The van der Waals surface area contributed by atoms with Crippen LogP contribution in [-0.2, 0) is 9.53 Å². The maximum Gasteiger partial charge on any atom is 0.245 e. The molecule has 1 aromatic rings. The summed E-state index contributed by atoms with van der Waals surface area (Å²) in [5.74, 6) is 0.237. The van der Waals surface area contributed by atoms with E-state index in [2.05, 4.69) is 25.2 Å². The molecule has 1 N–H and O–H groups in total. The lowest BCUT2D eigenvalue weighted by atomic mass is 9.81. The van der Waals surface area contributed by atoms with E-state index in [1.807, 2.05) is 24.3 Å². The average molecular weight is 272 g/mol. The summed E-state index contributed by atoms with van der Waals surface area (Å²) in [6, 6.07) is 9.95. The van der Waals surface area contributed by atoms with Gasteiger partial charge in [0.2, 0.25) is 5.91 Å². The van der Waals surface area contributed by atoms with E-state index in [9.17, 15) is 10.1 Å². The van der Waals surface area contributed by atoms with Crippen molar-refractivity contribution >= 4 is 11.6 Å². The van der Waals surface area contributed by atoms with E-state index < -0.39 is 5.41 Å². The first-order valence-corrected chi connectivity index (χ1v) is 6.98. The van der Waals surface area contributed by atoms with E-state index in [0.717, 1.165) is 5.69 Å². The van der Waals surface area contributed by atoms with Gasteiger partial charge in [0.05, 0.1) is 6.07 Å². The van der Waals surface area contributed by atoms with Crippen molar-refractivity contribution in [3.63, 3.8) is 0 Å². The molecule has 0 aromatic heterocycles.